The van der Waals surface area contributed by atoms with Gasteiger partial charge in [0.05, 0.1) is 5.69 Å². The summed E-state index contributed by atoms with van der Waals surface area (Å²) in [5.41, 5.74) is 0.828. The molecule has 18 heavy (non-hydrogen) atoms. The largest absolute Gasteiger partial charge is 0.295 e. The molecule has 1 amide bonds. The highest BCUT2D eigenvalue weighted by Crippen LogP contribution is 2.25. The van der Waals surface area contributed by atoms with Crippen molar-refractivity contribution >= 4 is 28.6 Å². The van der Waals surface area contributed by atoms with E-state index in [2.05, 4.69) is 10.2 Å². The molecule has 0 saturated carbocycles. The molecule has 1 aliphatic heterocycles. The Bertz CT molecular complexity index is 461. The molecule has 6 heteroatoms. The maximum Gasteiger partial charge on any atom is 0.228 e. The minimum atomic E-state index is 0.0577. The molecule has 0 spiro atoms. The van der Waals surface area contributed by atoms with Gasteiger partial charge in [-0.3, -0.25) is 14.5 Å². The molecule has 1 saturated heterocycles. The summed E-state index contributed by atoms with van der Waals surface area (Å²) in [4.78, 5) is 24.4. The minimum absolute atomic E-state index is 0.0577. The Morgan fingerprint density at radius 2 is 2.28 bits per heavy atom. The van der Waals surface area contributed by atoms with Crippen molar-refractivity contribution in [3.05, 3.63) is 17.8 Å². The maximum atomic E-state index is 11.9. The standard InChI is InChI=1S/C12H15N3O2S/c1-8-3-4-11(14-13-8)15-6-10(5-12(15)17)7-18-9(2)16/h3-4,10H,5-7H2,1-2H3. The van der Waals surface area contributed by atoms with Crippen LogP contribution in [0.25, 0.3) is 0 Å². The van der Waals surface area contributed by atoms with Crippen LogP contribution in [0.4, 0.5) is 5.82 Å². The average molecular weight is 265 g/mol. The van der Waals surface area contributed by atoms with E-state index in [9.17, 15) is 9.59 Å². The first-order chi connectivity index (χ1) is 8.56. The van der Waals surface area contributed by atoms with Gasteiger partial charge < -0.3 is 0 Å². The second-order valence-corrected chi connectivity index (χ2v) is 5.61. The number of carbonyl (C=O) groups excluding carboxylic acids is 2. The zero-order valence-corrected chi connectivity index (χ0v) is 11.2. The first-order valence-electron chi connectivity index (χ1n) is 5.80. The fourth-order valence-electron chi connectivity index (χ4n) is 1.89. The summed E-state index contributed by atoms with van der Waals surface area (Å²) in [6.07, 6.45) is 0.482. The predicted molar refractivity (Wildman–Crippen MR) is 70.4 cm³/mol. The molecule has 2 rings (SSSR count). The number of aryl methyl sites for hydroxylation is 1. The zero-order valence-electron chi connectivity index (χ0n) is 10.4. The molecule has 0 aliphatic carbocycles. The third-order valence-electron chi connectivity index (χ3n) is 2.79. The lowest BCUT2D eigenvalue weighted by Gasteiger charge is -2.14. The number of thioether (sulfide) groups is 1. The van der Waals surface area contributed by atoms with E-state index in [-0.39, 0.29) is 16.9 Å². The van der Waals surface area contributed by atoms with Crippen LogP contribution in [0.3, 0.4) is 0 Å². The van der Waals surface area contributed by atoms with Crippen molar-refractivity contribution in [3.8, 4) is 0 Å². The Labute approximate surface area is 110 Å². The number of hydrogen-bond donors (Lipinski definition) is 0. The summed E-state index contributed by atoms with van der Waals surface area (Å²) in [7, 11) is 0. The fourth-order valence-corrected chi connectivity index (χ4v) is 2.58. The van der Waals surface area contributed by atoms with E-state index in [1.54, 1.807) is 17.9 Å². The number of anilines is 1. The Balaban J connectivity index is 2.00. The molecule has 0 aromatic carbocycles. The van der Waals surface area contributed by atoms with Crippen molar-refractivity contribution in [2.24, 2.45) is 5.92 Å². The highest BCUT2D eigenvalue weighted by atomic mass is 32.2. The van der Waals surface area contributed by atoms with E-state index in [4.69, 9.17) is 0 Å². The van der Waals surface area contributed by atoms with Crippen LogP contribution in [0, 0.1) is 12.8 Å². The highest BCUT2D eigenvalue weighted by Gasteiger charge is 2.31. The minimum Gasteiger partial charge on any atom is -0.295 e. The Morgan fingerprint density at radius 3 is 2.89 bits per heavy atom. The first kappa shape index (κ1) is 13.0. The molecule has 1 atom stereocenters. The third-order valence-corrected chi connectivity index (χ3v) is 3.83. The van der Waals surface area contributed by atoms with Crippen molar-refractivity contribution in [2.45, 2.75) is 20.3 Å². The third kappa shape index (κ3) is 3.07. The van der Waals surface area contributed by atoms with Crippen molar-refractivity contribution in [3.63, 3.8) is 0 Å². The van der Waals surface area contributed by atoms with Crippen LogP contribution >= 0.6 is 11.8 Å². The van der Waals surface area contributed by atoms with Crippen molar-refractivity contribution < 1.29 is 9.59 Å². The number of hydrogen-bond acceptors (Lipinski definition) is 5. The van der Waals surface area contributed by atoms with Gasteiger partial charge in [0.25, 0.3) is 0 Å². The van der Waals surface area contributed by atoms with Crippen molar-refractivity contribution in [2.75, 3.05) is 17.2 Å². The number of amides is 1. The number of rotatable bonds is 3. The van der Waals surface area contributed by atoms with Crippen LogP contribution in [-0.4, -0.2) is 33.5 Å². The molecule has 0 N–H and O–H groups in total. The van der Waals surface area contributed by atoms with Gasteiger partial charge in [-0.2, -0.15) is 5.10 Å². The Morgan fingerprint density at radius 1 is 1.50 bits per heavy atom. The van der Waals surface area contributed by atoms with Crippen molar-refractivity contribution in [1.29, 1.82) is 0 Å². The van der Waals surface area contributed by atoms with Crippen molar-refractivity contribution in [1.82, 2.24) is 10.2 Å². The van der Waals surface area contributed by atoms with Gasteiger partial charge in [-0.15, -0.1) is 5.10 Å². The zero-order chi connectivity index (χ0) is 13.1. The molecule has 1 fully saturated rings. The van der Waals surface area contributed by atoms with Crippen LogP contribution in [0.5, 0.6) is 0 Å². The first-order valence-corrected chi connectivity index (χ1v) is 6.79. The predicted octanol–water partition coefficient (Wildman–Crippen LogP) is 1.42. The van der Waals surface area contributed by atoms with Gasteiger partial charge in [-0.25, -0.2) is 0 Å². The second-order valence-electron chi connectivity index (χ2n) is 4.41. The summed E-state index contributed by atoms with van der Waals surface area (Å²) in [5.74, 6) is 1.56. The van der Waals surface area contributed by atoms with Gasteiger partial charge in [-0.1, -0.05) is 11.8 Å². The summed E-state index contributed by atoms with van der Waals surface area (Å²) in [6, 6.07) is 3.65. The van der Waals surface area contributed by atoms with E-state index >= 15 is 0 Å². The number of nitrogens with zero attached hydrogens (tertiary/aromatic N) is 3. The van der Waals surface area contributed by atoms with E-state index in [1.807, 2.05) is 13.0 Å². The van der Waals surface area contributed by atoms with E-state index in [1.165, 1.54) is 11.8 Å². The number of aromatic nitrogens is 2. The van der Waals surface area contributed by atoms with E-state index < -0.39 is 0 Å². The number of carbonyl (C=O) groups is 2. The molecular weight excluding hydrogens is 250 g/mol. The molecule has 1 aromatic heterocycles. The van der Waals surface area contributed by atoms with Crippen LogP contribution in [0.2, 0.25) is 0 Å². The van der Waals surface area contributed by atoms with Gasteiger partial charge in [0.2, 0.25) is 5.91 Å². The molecule has 1 aliphatic rings. The Kier molecular flexibility index (Phi) is 3.96. The monoisotopic (exact) mass is 265 g/mol. The summed E-state index contributed by atoms with van der Waals surface area (Å²) < 4.78 is 0. The Hall–Kier alpha value is -1.43. The molecule has 5 nitrogen and oxygen atoms in total. The van der Waals surface area contributed by atoms with Gasteiger partial charge in [0, 0.05) is 25.6 Å². The molecule has 2 heterocycles. The van der Waals surface area contributed by atoms with Crippen LogP contribution < -0.4 is 4.90 Å². The van der Waals surface area contributed by atoms with E-state index in [0.717, 1.165) is 5.69 Å². The molecule has 96 valence electrons. The molecule has 1 aromatic rings. The normalized spacial score (nSPS) is 19.3. The summed E-state index contributed by atoms with van der Waals surface area (Å²) >= 11 is 1.28. The topological polar surface area (TPSA) is 63.2 Å². The molecule has 0 bridgehead atoms. The van der Waals surface area contributed by atoms with Gasteiger partial charge >= 0.3 is 0 Å². The van der Waals surface area contributed by atoms with Gasteiger partial charge in [0.1, 0.15) is 0 Å². The summed E-state index contributed by atoms with van der Waals surface area (Å²) in [5, 5.41) is 8.07. The molecule has 1 unspecified atom stereocenters. The molecular formula is C12H15N3O2S. The average Bonchev–Trinajstić information content (AvgIpc) is 2.69. The maximum absolute atomic E-state index is 11.9. The lowest BCUT2D eigenvalue weighted by Crippen LogP contribution is -2.26. The SMILES string of the molecule is CC(=O)SCC1CC(=O)N(c2ccc(C)nn2)C1. The molecule has 0 radical (unpaired) electrons. The van der Waals surface area contributed by atoms with Crippen LogP contribution in [-0.2, 0) is 9.59 Å². The van der Waals surface area contributed by atoms with E-state index in [0.29, 0.717) is 24.5 Å². The van der Waals surface area contributed by atoms with Crippen LogP contribution in [0.1, 0.15) is 19.0 Å². The lowest BCUT2D eigenvalue weighted by molar-refractivity contribution is -0.117. The summed E-state index contributed by atoms with van der Waals surface area (Å²) in [6.45, 7) is 4.02. The lowest BCUT2D eigenvalue weighted by atomic mass is 10.1. The highest BCUT2D eigenvalue weighted by molar-refractivity contribution is 8.13. The smallest absolute Gasteiger partial charge is 0.228 e. The van der Waals surface area contributed by atoms with Crippen LogP contribution in [0.15, 0.2) is 12.1 Å². The fraction of sp³-hybridized carbons (Fsp3) is 0.500. The second kappa shape index (κ2) is 5.48. The quantitative estimate of drug-likeness (QED) is 0.827. The van der Waals surface area contributed by atoms with Gasteiger partial charge in [0.15, 0.2) is 10.9 Å². The van der Waals surface area contributed by atoms with Gasteiger partial charge in [-0.05, 0) is 25.0 Å².